The van der Waals surface area contributed by atoms with Gasteiger partial charge in [-0.15, -0.1) is 0 Å². The molecule has 0 saturated carbocycles. The predicted octanol–water partition coefficient (Wildman–Crippen LogP) is 3.00. The predicted molar refractivity (Wildman–Crippen MR) is 88.5 cm³/mol. The lowest BCUT2D eigenvalue weighted by atomic mass is 10.3. The number of nitrogens with zero attached hydrogens (tertiary/aromatic N) is 3. The number of ether oxygens (including phenoxy) is 1. The van der Waals surface area contributed by atoms with Crippen LogP contribution >= 0.6 is 23.2 Å². The van der Waals surface area contributed by atoms with Gasteiger partial charge in [0.2, 0.25) is 0 Å². The van der Waals surface area contributed by atoms with Gasteiger partial charge in [0, 0.05) is 19.2 Å². The van der Waals surface area contributed by atoms with Crippen molar-refractivity contribution in [3.63, 3.8) is 0 Å². The van der Waals surface area contributed by atoms with Crippen molar-refractivity contribution in [2.75, 3.05) is 31.6 Å². The third-order valence-electron chi connectivity index (χ3n) is 3.40. The first-order chi connectivity index (χ1) is 11.1. The number of benzene rings is 1. The van der Waals surface area contributed by atoms with Crippen molar-refractivity contribution < 1.29 is 9.53 Å². The first-order valence-corrected chi connectivity index (χ1v) is 7.81. The molecule has 1 fully saturated rings. The highest BCUT2D eigenvalue weighted by atomic mass is 35.5. The Morgan fingerprint density at radius 3 is 2.57 bits per heavy atom. The molecular weight excluding hydrogens is 339 g/mol. The van der Waals surface area contributed by atoms with Gasteiger partial charge in [0.05, 0.1) is 28.9 Å². The van der Waals surface area contributed by atoms with E-state index in [9.17, 15) is 4.79 Å². The van der Waals surface area contributed by atoms with Gasteiger partial charge in [-0.1, -0.05) is 29.3 Å². The maximum atomic E-state index is 12.4. The molecule has 1 aliphatic heterocycles. The van der Waals surface area contributed by atoms with Crippen LogP contribution < -0.4 is 5.32 Å². The van der Waals surface area contributed by atoms with E-state index in [2.05, 4.69) is 15.3 Å². The molecule has 0 aliphatic carbocycles. The van der Waals surface area contributed by atoms with E-state index in [-0.39, 0.29) is 5.91 Å². The van der Waals surface area contributed by atoms with Crippen LogP contribution in [0, 0.1) is 0 Å². The zero-order chi connectivity index (χ0) is 16.2. The molecule has 1 aliphatic rings. The normalized spacial score (nSPS) is 14.6. The molecular formula is C15H14Cl2N4O2. The second kappa shape index (κ2) is 7.12. The summed E-state index contributed by atoms with van der Waals surface area (Å²) >= 11 is 12.2. The van der Waals surface area contributed by atoms with Crippen LogP contribution in [-0.2, 0) is 4.74 Å². The van der Waals surface area contributed by atoms with Crippen LogP contribution in [0.1, 0.15) is 10.5 Å². The van der Waals surface area contributed by atoms with Crippen LogP contribution in [0.15, 0.2) is 30.6 Å². The van der Waals surface area contributed by atoms with Gasteiger partial charge in [-0.25, -0.2) is 9.97 Å². The minimum absolute atomic E-state index is 0.149. The molecule has 120 valence electrons. The Balaban J connectivity index is 1.81. The fraction of sp³-hybridized carbons (Fsp3) is 0.267. The molecule has 1 N–H and O–H groups in total. The standard InChI is InChI=1S/C15H14Cl2N4O2/c16-10-2-1-3-11(17)14(10)20-13-8-12(18-9-19-13)15(22)21-4-6-23-7-5-21/h1-3,8-9H,4-7H2,(H,18,19,20). The Labute approximate surface area is 143 Å². The molecule has 1 aromatic heterocycles. The summed E-state index contributed by atoms with van der Waals surface area (Å²) in [5, 5.41) is 3.97. The summed E-state index contributed by atoms with van der Waals surface area (Å²) in [6, 6.07) is 6.77. The highest BCUT2D eigenvalue weighted by molar-refractivity contribution is 6.39. The topological polar surface area (TPSA) is 67.4 Å². The first kappa shape index (κ1) is 16.0. The van der Waals surface area contributed by atoms with Crippen LogP contribution in [0.4, 0.5) is 11.5 Å². The fourth-order valence-electron chi connectivity index (χ4n) is 2.22. The van der Waals surface area contributed by atoms with Gasteiger partial charge in [-0.3, -0.25) is 4.79 Å². The molecule has 8 heteroatoms. The molecule has 1 aromatic carbocycles. The van der Waals surface area contributed by atoms with Crippen molar-refractivity contribution in [3.8, 4) is 0 Å². The van der Waals surface area contributed by atoms with Gasteiger partial charge < -0.3 is 15.0 Å². The van der Waals surface area contributed by atoms with Gasteiger partial charge in [0.25, 0.3) is 5.91 Å². The van der Waals surface area contributed by atoms with E-state index in [0.29, 0.717) is 53.5 Å². The number of nitrogens with one attached hydrogen (secondary N) is 1. The number of hydrogen-bond acceptors (Lipinski definition) is 5. The van der Waals surface area contributed by atoms with Crippen LogP contribution in [0.5, 0.6) is 0 Å². The number of carbonyl (C=O) groups excluding carboxylic acids is 1. The van der Waals surface area contributed by atoms with Gasteiger partial charge in [-0.2, -0.15) is 0 Å². The highest BCUT2D eigenvalue weighted by Crippen LogP contribution is 2.32. The Morgan fingerprint density at radius 1 is 1.17 bits per heavy atom. The summed E-state index contributed by atoms with van der Waals surface area (Å²) in [5.74, 6) is 0.301. The zero-order valence-electron chi connectivity index (χ0n) is 12.1. The Bertz CT molecular complexity index is 700. The Hall–Kier alpha value is -1.89. The minimum atomic E-state index is -0.149. The van der Waals surface area contributed by atoms with E-state index in [1.54, 1.807) is 29.2 Å². The zero-order valence-corrected chi connectivity index (χ0v) is 13.6. The molecule has 0 bridgehead atoms. The third-order valence-corrected chi connectivity index (χ3v) is 4.03. The summed E-state index contributed by atoms with van der Waals surface area (Å²) in [4.78, 5) is 22.3. The van der Waals surface area contributed by atoms with Gasteiger partial charge >= 0.3 is 0 Å². The van der Waals surface area contributed by atoms with Crippen LogP contribution in [0.3, 0.4) is 0 Å². The van der Waals surface area contributed by atoms with Gasteiger partial charge in [0.15, 0.2) is 0 Å². The molecule has 0 unspecified atom stereocenters. The highest BCUT2D eigenvalue weighted by Gasteiger charge is 2.20. The molecule has 1 amide bonds. The quantitative estimate of drug-likeness (QED) is 0.919. The number of para-hydroxylation sites is 1. The number of aromatic nitrogens is 2. The molecule has 2 heterocycles. The van der Waals surface area contributed by atoms with Crippen molar-refractivity contribution in [3.05, 3.63) is 46.3 Å². The van der Waals surface area contributed by atoms with Gasteiger partial charge in [-0.05, 0) is 12.1 Å². The lowest BCUT2D eigenvalue weighted by molar-refractivity contribution is 0.0299. The molecule has 1 saturated heterocycles. The molecule has 0 atom stereocenters. The van der Waals surface area contributed by atoms with Crippen LogP contribution in [-0.4, -0.2) is 47.1 Å². The maximum absolute atomic E-state index is 12.4. The number of rotatable bonds is 3. The largest absolute Gasteiger partial charge is 0.378 e. The first-order valence-electron chi connectivity index (χ1n) is 7.05. The van der Waals surface area contributed by atoms with E-state index >= 15 is 0 Å². The Morgan fingerprint density at radius 2 is 1.87 bits per heavy atom. The molecule has 0 radical (unpaired) electrons. The summed E-state index contributed by atoms with van der Waals surface area (Å²) in [5.41, 5.74) is 0.854. The summed E-state index contributed by atoms with van der Waals surface area (Å²) in [6.07, 6.45) is 1.33. The second-order valence-corrected chi connectivity index (χ2v) is 5.73. The maximum Gasteiger partial charge on any atom is 0.272 e. The van der Waals surface area contributed by atoms with Crippen molar-refractivity contribution >= 4 is 40.6 Å². The van der Waals surface area contributed by atoms with Crippen molar-refractivity contribution in [2.45, 2.75) is 0 Å². The molecule has 2 aromatic rings. The number of carbonyl (C=O) groups is 1. The van der Waals surface area contributed by atoms with Crippen molar-refractivity contribution in [1.29, 1.82) is 0 Å². The van der Waals surface area contributed by atoms with E-state index in [1.807, 2.05) is 0 Å². The van der Waals surface area contributed by atoms with E-state index in [4.69, 9.17) is 27.9 Å². The van der Waals surface area contributed by atoms with Crippen LogP contribution in [0.2, 0.25) is 10.0 Å². The number of morpholine rings is 1. The molecule has 3 rings (SSSR count). The Kier molecular flexibility index (Phi) is 4.95. The van der Waals surface area contributed by atoms with E-state index < -0.39 is 0 Å². The third kappa shape index (κ3) is 3.72. The minimum Gasteiger partial charge on any atom is -0.378 e. The molecule has 0 spiro atoms. The summed E-state index contributed by atoms with van der Waals surface area (Å²) in [6.45, 7) is 2.19. The van der Waals surface area contributed by atoms with Crippen molar-refractivity contribution in [2.24, 2.45) is 0 Å². The molecule has 6 nitrogen and oxygen atoms in total. The SMILES string of the molecule is O=C(c1cc(Nc2c(Cl)cccc2Cl)ncn1)N1CCOCC1. The van der Waals surface area contributed by atoms with Crippen molar-refractivity contribution in [1.82, 2.24) is 14.9 Å². The fourth-order valence-corrected chi connectivity index (χ4v) is 2.71. The molecule has 23 heavy (non-hydrogen) atoms. The van der Waals surface area contributed by atoms with E-state index in [1.165, 1.54) is 6.33 Å². The van der Waals surface area contributed by atoms with E-state index in [0.717, 1.165) is 0 Å². The number of hydrogen-bond donors (Lipinski definition) is 1. The second-order valence-electron chi connectivity index (χ2n) is 4.91. The van der Waals surface area contributed by atoms with Crippen LogP contribution in [0.25, 0.3) is 0 Å². The van der Waals surface area contributed by atoms with Gasteiger partial charge in [0.1, 0.15) is 17.8 Å². The average molecular weight is 353 g/mol. The summed E-state index contributed by atoms with van der Waals surface area (Å²) < 4.78 is 5.25. The number of amides is 1. The monoisotopic (exact) mass is 352 g/mol. The number of halogens is 2. The average Bonchev–Trinajstić information content (AvgIpc) is 2.59. The smallest absolute Gasteiger partial charge is 0.272 e. The lowest BCUT2D eigenvalue weighted by Gasteiger charge is -2.26. The summed E-state index contributed by atoms with van der Waals surface area (Å²) in [7, 11) is 0. The lowest BCUT2D eigenvalue weighted by Crippen LogP contribution is -2.41. The number of anilines is 2.